The molecule has 4 aliphatic carbocycles. The zero-order chi connectivity index (χ0) is 24.1. The van der Waals surface area contributed by atoms with E-state index in [1.165, 1.54) is 12.5 Å². The summed E-state index contributed by atoms with van der Waals surface area (Å²) in [6.07, 6.45) is 8.70. The second kappa shape index (κ2) is 9.07. The SMILES string of the molecule is C=C1CC2C3CCC(=O)C3(C)CCC2C2(COC(C)=O)CC/C(=N\OC3CCNC3)[C@H](CC)C12. The van der Waals surface area contributed by atoms with Gasteiger partial charge in [-0.2, -0.15) is 0 Å². The van der Waals surface area contributed by atoms with Crippen LogP contribution in [0.1, 0.15) is 78.6 Å². The molecule has 0 spiro atoms. The minimum Gasteiger partial charge on any atom is -0.465 e. The van der Waals surface area contributed by atoms with Gasteiger partial charge in [0, 0.05) is 43.1 Å². The molecule has 0 aromatic heterocycles. The minimum atomic E-state index is -0.206. The molecule has 0 bridgehead atoms. The third kappa shape index (κ3) is 3.75. The van der Waals surface area contributed by atoms with Gasteiger partial charge in [-0.25, -0.2) is 0 Å². The summed E-state index contributed by atoms with van der Waals surface area (Å²) in [5.74, 6) is 2.12. The van der Waals surface area contributed by atoms with Crippen LogP contribution in [0.15, 0.2) is 17.3 Å². The van der Waals surface area contributed by atoms with Crippen LogP contribution in [0, 0.1) is 40.4 Å². The summed E-state index contributed by atoms with van der Waals surface area (Å²) in [6, 6.07) is 0. The van der Waals surface area contributed by atoms with Gasteiger partial charge in [0.25, 0.3) is 0 Å². The number of carbonyl (C=O) groups excluding carboxylic acids is 2. The van der Waals surface area contributed by atoms with Crippen LogP contribution in [0.25, 0.3) is 0 Å². The number of carbonyl (C=O) groups is 2. The number of nitrogens with one attached hydrogen (secondary N) is 1. The van der Waals surface area contributed by atoms with Gasteiger partial charge in [0.05, 0.1) is 12.3 Å². The molecule has 0 radical (unpaired) electrons. The van der Waals surface area contributed by atoms with Crippen molar-refractivity contribution in [1.82, 2.24) is 5.32 Å². The van der Waals surface area contributed by atoms with Crippen LogP contribution in [0.4, 0.5) is 0 Å². The Morgan fingerprint density at radius 1 is 1.21 bits per heavy atom. The van der Waals surface area contributed by atoms with Gasteiger partial charge in [-0.05, 0) is 75.2 Å². The van der Waals surface area contributed by atoms with Gasteiger partial charge in [-0.15, -0.1) is 0 Å². The molecule has 8 atom stereocenters. The highest BCUT2D eigenvalue weighted by molar-refractivity contribution is 5.88. The zero-order valence-electron chi connectivity index (χ0n) is 21.2. The summed E-state index contributed by atoms with van der Waals surface area (Å²) in [7, 11) is 0. The zero-order valence-corrected chi connectivity index (χ0v) is 21.2. The molecule has 0 aromatic rings. The topological polar surface area (TPSA) is 77.0 Å². The molecule has 5 aliphatic rings. The van der Waals surface area contributed by atoms with Gasteiger partial charge < -0.3 is 14.9 Å². The number of oxime groups is 1. The molecule has 7 unspecified atom stereocenters. The van der Waals surface area contributed by atoms with Gasteiger partial charge in [-0.3, -0.25) is 9.59 Å². The van der Waals surface area contributed by atoms with Crippen LogP contribution in [-0.2, 0) is 19.2 Å². The van der Waals surface area contributed by atoms with E-state index in [-0.39, 0.29) is 34.7 Å². The van der Waals surface area contributed by atoms with E-state index >= 15 is 0 Å². The first kappa shape index (κ1) is 24.0. The van der Waals surface area contributed by atoms with E-state index in [0.717, 1.165) is 76.6 Å². The van der Waals surface area contributed by atoms with Crippen molar-refractivity contribution in [3.63, 3.8) is 0 Å². The fourth-order valence-electron chi connectivity index (χ4n) is 8.84. The number of ketones is 1. The molecule has 6 nitrogen and oxygen atoms in total. The molecule has 1 aliphatic heterocycles. The van der Waals surface area contributed by atoms with E-state index in [1.807, 2.05) is 0 Å². The third-order valence-electron chi connectivity index (χ3n) is 10.4. The maximum Gasteiger partial charge on any atom is 0.302 e. The van der Waals surface area contributed by atoms with Crippen molar-refractivity contribution in [3.8, 4) is 0 Å². The van der Waals surface area contributed by atoms with Crippen molar-refractivity contribution < 1.29 is 19.2 Å². The number of rotatable bonds is 5. The molecule has 0 aromatic carbocycles. The van der Waals surface area contributed by atoms with Crippen LogP contribution in [0.5, 0.6) is 0 Å². The Balaban J connectivity index is 1.48. The van der Waals surface area contributed by atoms with E-state index in [0.29, 0.717) is 30.1 Å². The van der Waals surface area contributed by atoms with E-state index in [1.54, 1.807) is 0 Å². The lowest BCUT2D eigenvalue weighted by molar-refractivity contribution is -0.160. The number of esters is 1. The number of ether oxygens (including phenoxy) is 1. The predicted octanol–water partition coefficient (Wildman–Crippen LogP) is 4.68. The molecule has 5 rings (SSSR count). The van der Waals surface area contributed by atoms with Gasteiger partial charge in [0.15, 0.2) is 0 Å². The Bertz CT molecular complexity index is 878. The molecule has 1 heterocycles. The number of fused-ring (bicyclic) bond motifs is 5. The number of allylic oxidation sites excluding steroid dienone is 1. The maximum atomic E-state index is 12.9. The fourth-order valence-corrected chi connectivity index (χ4v) is 8.84. The van der Waals surface area contributed by atoms with E-state index in [4.69, 9.17) is 14.7 Å². The van der Waals surface area contributed by atoms with Gasteiger partial charge >= 0.3 is 5.97 Å². The van der Waals surface area contributed by atoms with Crippen molar-refractivity contribution in [2.45, 2.75) is 84.7 Å². The van der Waals surface area contributed by atoms with Crippen LogP contribution in [0.3, 0.4) is 0 Å². The first-order valence-corrected chi connectivity index (χ1v) is 13.6. The van der Waals surface area contributed by atoms with E-state index in [2.05, 4.69) is 25.7 Å². The second-order valence-electron chi connectivity index (χ2n) is 12.0. The highest BCUT2D eigenvalue weighted by Gasteiger charge is 2.64. The minimum absolute atomic E-state index is 0.118. The smallest absolute Gasteiger partial charge is 0.302 e. The Morgan fingerprint density at radius 2 is 2.03 bits per heavy atom. The molecule has 34 heavy (non-hydrogen) atoms. The third-order valence-corrected chi connectivity index (χ3v) is 10.4. The molecule has 4 saturated carbocycles. The summed E-state index contributed by atoms with van der Waals surface area (Å²) in [4.78, 5) is 30.8. The molecule has 1 saturated heterocycles. The van der Waals surface area contributed by atoms with Crippen molar-refractivity contribution >= 4 is 17.5 Å². The Kier molecular flexibility index (Phi) is 6.41. The monoisotopic (exact) mass is 470 g/mol. The van der Waals surface area contributed by atoms with E-state index < -0.39 is 0 Å². The highest BCUT2D eigenvalue weighted by atomic mass is 16.6. The Hall–Kier alpha value is -1.69. The molecular weight excluding hydrogens is 428 g/mol. The normalized spacial score (nSPS) is 45.0. The lowest BCUT2D eigenvalue weighted by Crippen LogP contribution is -2.59. The van der Waals surface area contributed by atoms with Gasteiger partial charge in [0.1, 0.15) is 11.9 Å². The van der Waals surface area contributed by atoms with Gasteiger partial charge in [-0.1, -0.05) is 31.2 Å². The molecule has 0 amide bonds. The summed E-state index contributed by atoms with van der Waals surface area (Å²) in [6.45, 7) is 12.9. The van der Waals surface area contributed by atoms with Crippen molar-refractivity contribution in [3.05, 3.63) is 12.2 Å². The van der Waals surface area contributed by atoms with Crippen molar-refractivity contribution in [2.75, 3.05) is 19.7 Å². The molecular formula is C28H42N2O4. The molecule has 1 N–H and O–H groups in total. The first-order chi connectivity index (χ1) is 16.3. The standard InChI is InChI=1S/C28H42N2O4/c1-5-20-24(30-34-19-10-13-29-15-19)9-12-28(16-33-18(3)31)23-8-11-27(4)22(6-7-25(27)32)21(23)14-17(2)26(20)28/h19-23,26,29H,2,5-16H2,1,3-4H3/b30-24+/t19?,20-,21?,22?,23?,26?,27?,28?/m0/s1. The lowest BCUT2D eigenvalue weighted by Gasteiger charge is -2.62. The molecule has 6 heteroatoms. The van der Waals surface area contributed by atoms with Gasteiger partial charge in [0.2, 0.25) is 0 Å². The Labute approximate surface area is 204 Å². The maximum absolute atomic E-state index is 12.9. The lowest BCUT2D eigenvalue weighted by atomic mass is 9.42. The number of nitrogens with zero attached hydrogens (tertiary/aromatic N) is 1. The van der Waals surface area contributed by atoms with Crippen molar-refractivity contribution in [2.24, 2.45) is 45.6 Å². The highest BCUT2D eigenvalue weighted by Crippen LogP contribution is 2.67. The van der Waals surface area contributed by atoms with Crippen LogP contribution in [-0.4, -0.2) is 43.3 Å². The van der Waals surface area contributed by atoms with Crippen molar-refractivity contribution in [1.29, 1.82) is 0 Å². The van der Waals surface area contributed by atoms with Crippen LogP contribution in [0.2, 0.25) is 0 Å². The first-order valence-electron chi connectivity index (χ1n) is 13.6. The quantitative estimate of drug-likeness (QED) is 0.359. The average molecular weight is 471 g/mol. The predicted molar refractivity (Wildman–Crippen MR) is 131 cm³/mol. The summed E-state index contributed by atoms with van der Waals surface area (Å²) in [5.41, 5.74) is 2.14. The van der Waals surface area contributed by atoms with E-state index in [9.17, 15) is 9.59 Å². The van der Waals surface area contributed by atoms with Crippen LogP contribution >= 0.6 is 0 Å². The largest absolute Gasteiger partial charge is 0.465 e. The number of hydrogen-bond acceptors (Lipinski definition) is 6. The summed E-state index contributed by atoms with van der Waals surface area (Å²) in [5, 5.41) is 8.08. The summed E-state index contributed by atoms with van der Waals surface area (Å²) >= 11 is 0. The second-order valence-corrected chi connectivity index (χ2v) is 12.0. The molecule has 188 valence electrons. The Morgan fingerprint density at radius 3 is 2.74 bits per heavy atom. The summed E-state index contributed by atoms with van der Waals surface area (Å²) < 4.78 is 5.84. The molecule has 5 fully saturated rings. The average Bonchev–Trinajstić information content (AvgIpc) is 3.44. The van der Waals surface area contributed by atoms with Crippen LogP contribution < -0.4 is 5.32 Å². The number of Topliss-reactive ketones (excluding diaryl/α,β-unsaturated/α-hetero) is 1. The fraction of sp³-hybridized carbons (Fsp3) is 0.821. The number of hydrogen-bond donors (Lipinski definition) is 1.